The summed E-state index contributed by atoms with van der Waals surface area (Å²) in [4.78, 5) is 26.1. The van der Waals surface area contributed by atoms with E-state index in [1.807, 2.05) is 31.2 Å². The molecule has 106 valence electrons. The summed E-state index contributed by atoms with van der Waals surface area (Å²) in [6.45, 7) is 4.27. The average Bonchev–Trinajstić information content (AvgIpc) is 2.47. The van der Waals surface area contributed by atoms with Crippen LogP contribution in [0.15, 0.2) is 35.6 Å². The number of carbonyl (C=O) groups excluding carboxylic acids is 2. The average molecular weight is 273 g/mol. The number of aryl methyl sites for hydroxylation is 1. The zero-order chi connectivity index (χ0) is 14.7. The highest BCUT2D eigenvalue weighted by Gasteiger charge is 2.31. The number of hydrogen-bond donors (Lipinski definition) is 0. The van der Waals surface area contributed by atoms with Crippen LogP contribution in [-0.4, -0.2) is 25.3 Å². The van der Waals surface area contributed by atoms with E-state index in [9.17, 15) is 9.59 Å². The predicted molar refractivity (Wildman–Crippen MR) is 77.5 cm³/mol. The highest BCUT2D eigenvalue weighted by atomic mass is 16.5. The van der Waals surface area contributed by atoms with Crippen LogP contribution in [0.4, 0.5) is 5.69 Å². The summed E-state index contributed by atoms with van der Waals surface area (Å²) < 4.78 is 5.20. The van der Waals surface area contributed by atoms with E-state index < -0.39 is 0 Å². The third-order valence-electron chi connectivity index (χ3n) is 3.57. The first-order valence-electron chi connectivity index (χ1n) is 6.78. The van der Waals surface area contributed by atoms with E-state index >= 15 is 0 Å². The zero-order valence-corrected chi connectivity index (χ0v) is 12.1. The lowest BCUT2D eigenvalue weighted by molar-refractivity contribution is -0.121. The maximum atomic E-state index is 12.5. The van der Waals surface area contributed by atoms with Gasteiger partial charge in [0.05, 0.1) is 7.11 Å². The molecule has 0 aliphatic carbocycles. The number of hydrogen-bond acceptors (Lipinski definition) is 3. The molecule has 4 heteroatoms. The van der Waals surface area contributed by atoms with Crippen molar-refractivity contribution in [2.24, 2.45) is 0 Å². The molecule has 0 radical (unpaired) electrons. The maximum absolute atomic E-state index is 12.5. The van der Waals surface area contributed by atoms with Gasteiger partial charge in [-0.15, -0.1) is 0 Å². The summed E-state index contributed by atoms with van der Waals surface area (Å²) in [7, 11) is 1.44. The van der Waals surface area contributed by atoms with Crippen molar-refractivity contribution < 1.29 is 14.3 Å². The van der Waals surface area contributed by atoms with Crippen molar-refractivity contribution >= 4 is 17.4 Å². The number of rotatable bonds is 4. The van der Waals surface area contributed by atoms with Crippen molar-refractivity contribution in [1.82, 2.24) is 0 Å². The molecule has 1 aromatic rings. The molecule has 0 bridgehead atoms. The normalized spacial score (nSPS) is 15.6. The van der Waals surface area contributed by atoms with Gasteiger partial charge in [0.2, 0.25) is 0 Å². The van der Waals surface area contributed by atoms with Gasteiger partial charge in [0.25, 0.3) is 5.91 Å². The Balaban J connectivity index is 2.40. The lowest BCUT2D eigenvalue weighted by Crippen LogP contribution is -2.39. The van der Waals surface area contributed by atoms with Gasteiger partial charge in [-0.1, -0.05) is 25.1 Å². The summed E-state index contributed by atoms with van der Waals surface area (Å²) in [6, 6.07) is 7.71. The van der Waals surface area contributed by atoms with Crippen molar-refractivity contribution in [3.05, 3.63) is 41.2 Å². The van der Waals surface area contributed by atoms with E-state index in [0.29, 0.717) is 25.0 Å². The van der Waals surface area contributed by atoms with Crippen molar-refractivity contribution in [2.45, 2.75) is 26.7 Å². The molecular formula is C16H19NO3. The van der Waals surface area contributed by atoms with Crippen LogP contribution in [0.5, 0.6) is 0 Å². The Morgan fingerprint density at radius 3 is 2.65 bits per heavy atom. The van der Waals surface area contributed by atoms with Crippen LogP contribution in [0.2, 0.25) is 0 Å². The van der Waals surface area contributed by atoms with Gasteiger partial charge in [-0.2, -0.15) is 0 Å². The Kier molecular flexibility index (Phi) is 4.23. The molecular weight excluding hydrogens is 254 g/mol. The second kappa shape index (κ2) is 5.90. The summed E-state index contributed by atoms with van der Waals surface area (Å²) in [5, 5.41) is 0. The van der Waals surface area contributed by atoms with Crippen molar-refractivity contribution in [3.63, 3.8) is 0 Å². The number of ether oxygens (including phenoxy) is 1. The van der Waals surface area contributed by atoms with Gasteiger partial charge in [0.1, 0.15) is 0 Å². The lowest BCUT2D eigenvalue weighted by Gasteiger charge is -2.30. The van der Waals surface area contributed by atoms with Crippen molar-refractivity contribution in [1.29, 1.82) is 0 Å². The van der Waals surface area contributed by atoms with E-state index in [1.54, 1.807) is 11.8 Å². The Hall–Kier alpha value is -2.10. The number of para-hydroxylation sites is 1. The minimum Gasteiger partial charge on any atom is -0.491 e. The number of methoxy groups -OCH3 is 1. The van der Waals surface area contributed by atoms with Gasteiger partial charge >= 0.3 is 0 Å². The number of Topliss-reactive ketones (excluding diaryl/α,β-unsaturated/α-hetero) is 1. The fourth-order valence-electron chi connectivity index (χ4n) is 2.48. The van der Waals surface area contributed by atoms with Crippen LogP contribution >= 0.6 is 0 Å². The molecule has 1 heterocycles. The number of ketones is 1. The van der Waals surface area contributed by atoms with E-state index in [0.717, 1.165) is 11.3 Å². The molecule has 1 amide bonds. The summed E-state index contributed by atoms with van der Waals surface area (Å²) >= 11 is 0. The van der Waals surface area contributed by atoms with E-state index in [-0.39, 0.29) is 17.4 Å². The predicted octanol–water partition coefficient (Wildman–Crippen LogP) is 2.61. The largest absolute Gasteiger partial charge is 0.491 e. The molecule has 0 unspecified atom stereocenters. The molecule has 20 heavy (non-hydrogen) atoms. The standard InChI is InChI=1S/C16H19NO3/c1-4-14(18)12-9-10-17(16(19)15(12)20-3)13-8-6-5-7-11(13)2/h5-8H,4,9-10H2,1-3H3. The highest BCUT2D eigenvalue weighted by Crippen LogP contribution is 2.28. The first-order chi connectivity index (χ1) is 9.60. The number of benzene rings is 1. The molecule has 1 aliphatic heterocycles. The smallest absolute Gasteiger partial charge is 0.293 e. The van der Waals surface area contributed by atoms with Crippen LogP contribution in [0.3, 0.4) is 0 Å². The van der Waals surface area contributed by atoms with Crippen LogP contribution in [0, 0.1) is 6.92 Å². The van der Waals surface area contributed by atoms with E-state index in [1.165, 1.54) is 7.11 Å². The van der Waals surface area contributed by atoms with E-state index in [4.69, 9.17) is 4.74 Å². The number of nitrogens with zero attached hydrogens (tertiary/aromatic N) is 1. The van der Waals surface area contributed by atoms with Gasteiger partial charge < -0.3 is 9.64 Å². The summed E-state index contributed by atoms with van der Waals surface area (Å²) in [6.07, 6.45) is 0.926. The quantitative estimate of drug-likeness (QED) is 0.847. The molecule has 1 aliphatic rings. The van der Waals surface area contributed by atoms with Gasteiger partial charge in [0, 0.05) is 24.2 Å². The first-order valence-corrected chi connectivity index (χ1v) is 6.78. The highest BCUT2D eigenvalue weighted by molar-refractivity contribution is 6.12. The Bertz CT molecular complexity index is 575. The van der Waals surface area contributed by atoms with Gasteiger partial charge in [-0.25, -0.2) is 0 Å². The fraction of sp³-hybridized carbons (Fsp3) is 0.375. The molecule has 0 fully saturated rings. The Labute approximate surface area is 119 Å². The molecule has 0 spiro atoms. The monoisotopic (exact) mass is 273 g/mol. The van der Waals surface area contributed by atoms with Crippen LogP contribution in [0.25, 0.3) is 0 Å². The second-order valence-corrected chi connectivity index (χ2v) is 4.78. The molecule has 0 N–H and O–H groups in total. The Morgan fingerprint density at radius 1 is 1.35 bits per heavy atom. The van der Waals surface area contributed by atoms with Crippen LogP contribution in [-0.2, 0) is 14.3 Å². The Morgan fingerprint density at radius 2 is 2.05 bits per heavy atom. The van der Waals surface area contributed by atoms with Gasteiger partial charge in [0.15, 0.2) is 11.5 Å². The molecule has 0 aromatic heterocycles. The zero-order valence-electron chi connectivity index (χ0n) is 12.1. The summed E-state index contributed by atoms with van der Waals surface area (Å²) in [5.74, 6) is -0.0594. The SMILES string of the molecule is CCC(=O)C1=C(OC)C(=O)N(c2ccccc2C)CC1. The third-order valence-corrected chi connectivity index (χ3v) is 3.57. The number of anilines is 1. The third kappa shape index (κ3) is 2.46. The minimum absolute atomic E-state index is 0.0142. The molecule has 0 saturated heterocycles. The molecule has 0 saturated carbocycles. The molecule has 2 rings (SSSR count). The summed E-state index contributed by atoms with van der Waals surface area (Å²) in [5.41, 5.74) is 2.42. The first kappa shape index (κ1) is 14.3. The van der Waals surface area contributed by atoms with Crippen molar-refractivity contribution in [2.75, 3.05) is 18.6 Å². The van der Waals surface area contributed by atoms with E-state index in [2.05, 4.69) is 0 Å². The number of amides is 1. The second-order valence-electron chi connectivity index (χ2n) is 4.78. The number of carbonyl (C=O) groups is 2. The fourth-order valence-corrected chi connectivity index (χ4v) is 2.48. The van der Waals surface area contributed by atoms with Crippen LogP contribution in [0.1, 0.15) is 25.3 Å². The molecule has 0 atom stereocenters. The minimum atomic E-state index is -0.232. The molecule has 1 aromatic carbocycles. The molecule has 4 nitrogen and oxygen atoms in total. The van der Waals surface area contributed by atoms with Crippen molar-refractivity contribution in [3.8, 4) is 0 Å². The van der Waals surface area contributed by atoms with Gasteiger partial charge in [-0.05, 0) is 25.0 Å². The lowest BCUT2D eigenvalue weighted by atomic mass is 9.99. The van der Waals surface area contributed by atoms with Gasteiger partial charge in [-0.3, -0.25) is 9.59 Å². The maximum Gasteiger partial charge on any atom is 0.293 e. The topological polar surface area (TPSA) is 46.6 Å². The van der Waals surface area contributed by atoms with Crippen LogP contribution < -0.4 is 4.90 Å².